The van der Waals surface area contributed by atoms with Crippen molar-refractivity contribution in [2.24, 2.45) is 7.05 Å². The number of nitrogens with zero attached hydrogens (tertiary/aromatic N) is 2. The van der Waals surface area contributed by atoms with Crippen LogP contribution in [0.5, 0.6) is 0 Å². The molecule has 2 nitrogen and oxygen atoms in total. The second-order valence-electron chi connectivity index (χ2n) is 8.12. The molecule has 2 aromatic carbocycles. The van der Waals surface area contributed by atoms with Gasteiger partial charge in [0.1, 0.15) is 0 Å². The first-order chi connectivity index (χ1) is 13.1. The number of aryl methyl sites for hydroxylation is 2. The van der Waals surface area contributed by atoms with Crippen LogP contribution < -0.4 is 0 Å². The third kappa shape index (κ3) is 3.58. The Bertz CT molecular complexity index is 989. The summed E-state index contributed by atoms with van der Waals surface area (Å²) < 4.78 is 2.04. The average molecular weight is 359 g/mol. The fraction of sp³-hybridized carbons (Fsp3) is 0.400. The zero-order valence-corrected chi connectivity index (χ0v) is 16.9. The van der Waals surface area contributed by atoms with Crippen LogP contribution in [0, 0.1) is 0 Å². The molecule has 1 aliphatic rings. The van der Waals surface area contributed by atoms with Crippen LogP contribution in [-0.2, 0) is 19.9 Å². The van der Waals surface area contributed by atoms with Crippen LogP contribution >= 0.6 is 0 Å². The molecule has 3 aromatic rings. The molecule has 1 aliphatic carbocycles. The lowest BCUT2D eigenvalue weighted by molar-refractivity contribution is 0.767. The van der Waals surface area contributed by atoms with Crippen molar-refractivity contribution in [2.45, 2.75) is 58.3 Å². The summed E-state index contributed by atoms with van der Waals surface area (Å²) in [5.74, 6) is 0.668. The maximum Gasteiger partial charge on any atom is 0.0734 e. The molecule has 0 N–H and O–H groups in total. The van der Waals surface area contributed by atoms with Gasteiger partial charge in [0.25, 0.3) is 0 Å². The molecule has 1 heterocycles. The molecule has 0 saturated heterocycles. The van der Waals surface area contributed by atoms with Crippen molar-refractivity contribution >= 4 is 10.9 Å². The highest BCUT2D eigenvalue weighted by atomic mass is 15.3. The Morgan fingerprint density at radius 3 is 2.74 bits per heavy atom. The lowest BCUT2D eigenvalue weighted by Gasteiger charge is -2.15. The van der Waals surface area contributed by atoms with Gasteiger partial charge in [-0.25, -0.2) is 0 Å². The molecule has 4 rings (SSSR count). The van der Waals surface area contributed by atoms with Gasteiger partial charge in [0.15, 0.2) is 0 Å². The predicted octanol–water partition coefficient (Wildman–Crippen LogP) is 6.58. The standard InChI is InChI=1S/C25H30N2/c1-5-18-9-7-11-22(21(18)10-6-8-17(2)3)20-14-15-24-23(16-20)25(19-12-13-19)26-27(24)4/h7,9,11,14-16,19H,2,5-6,8,10,12-13H2,1,3-4H3. The van der Waals surface area contributed by atoms with E-state index in [2.05, 4.69) is 63.9 Å². The predicted molar refractivity (Wildman–Crippen MR) is 115 cm³/mol. The summed E-state index contributed by atoms with van der Waals surface area (Å²) >= 11 is 0. The third-order valence-electron chi connectivity index (χ3n) is 5.84. The zero-order chi connectivity index (χ0) is 19.0. The summed E-state index contributed by atoms with van der Waals surface area (Å²) in [6.45, 7) is 8.46. The zero-order valence-electron chi connectivity index (χ0n) is 16.9. The molecule has 0 spiro atoms. The fourth-order valence-electron chi connectivity index (χ4n) is 4.22. The number of hydrogen-bond donors (Lipinski definition) is 0. The van der Waals surface area contributed by atoms with Gasteiger partial charge in [0, 0.05) is 18.4 Å². The van der Waals surface area contributed by atoms with E-state index in [0.717, 1.165) is 19.3 Å². The average Bonchev–Trinajstić information content (AvgIpc) is 3.45. The molecule has 2 heteroatoms. The van der Waals surface area contributed by atoms with Gasteiger partial charge in [-0.1, -0.05) is 36.8 Å². The first kappa shape index (κ1) is 18.0. The Morgan fingerprint density at radius 1 is 1.22 bits per heavy atom. The maximum atomic E-state index is 4.82. The third-order valence-corrected chi connectivity index (χ3v) is 5.84. The Hall–Kier alpha value is -2.35. The highest BCUT2D eigenvalue weighted by molar-refractivity contribution is 5.88. The van der Waals surface area contributed by atoms with Gasteiger partial charge in [-0.2, -0.15) is 5.10 Å². The molecular weight excluding hydrogens is 328 g/mol. The first-order valence-corrected chi connectivity index (χ1v) is 10.3. The molecule has 1 saturated carbocycles. The van der Waals surface area contributed by atoms with E-state index < -0.39 is 0 Å². The number of benzene rings is 2. The molecule has 0 unspecified atom stereocenters. The van der Waals surface area contributed by atoms with Gasteiger partial charge in [0.2, 0.25) is 0 Å². The van der Waals surface area contributed by atoms with E-state index in [1.54, 1.807) is 0 Å². The van der Waals surface area contributed by atoms with E-state index in [-0.39, 0.29) is 0 Å². The molecule has 27 heavy (non-hydrogen) atoms. The van der Waals surface area contributed by atoms with Crippen LogP contribution in [0.3, 0.4) is 0 Å². The number of hydrogen-bond acceptors (Lipinski definition) is 1. The number of rotatable bonds is 7. The Kier molecular flexibility index (Phi) is 4.90. The van der Waals surface area contributed by atoms with Crippen LogP contribution in [0.25, 0.3) is 22.0 Å². The van der Waals surface area contributed by atoms with Crippen LogP contribution in [0.1, 0.15) is 62.3 Å². The quantitative estimate of drug-likeness (QED) is 0.436. The van der Waals surface area contributed by atoms with Crippen molar-refractivity contribution in [3.8, 4) is 11.1 Å². The molecule has 0 radical (unpaired) electrons. The van der Waals surface area contributed by atoms with Gasteiger partial charge in [-0.15, -0.1) is 6.58 Å². The van der Waals surface area contributed by atoms with Crippen molar-refractivity contribution in [1.82, 2.24) is 9.78 Å². The fourth-order valence-corrected chi connectivity index (χ4v) is 4.22. The molecule has 0 aliphatic heterocycles. The van der Waals surface area contributed by atoms with Gasteiger partial charge < -0.3 is 0 Å². The van der Waals surface area contributed by atoms with Gasteiger partial charge in [0.05, 0.1) is 11.2 Å². The molecular formula is C25H30N2. The van der Waals surface area contributed by atoms with Gasteiger partial charge >= 0.3 is 0 Å². The SMILES string of the molecule is C=C(C)CCCc1c(CC)cccc1-c1ccc2c(c1)c(C1CC1)nn2C. The smallest absolute Gasteiger partial charge is 0.0734 e. The highest BCUT2D eigenvalue weighted by Crippen LogP contribution is 2.43. The van der Waals surface area contributed by atoms with Crippen molar-refractivity contribution < 1.29 is 0 Å². The molecule has 1 fully saturated rings. The normalized spacial score (nSPS) is 14.0. The van der Waals surface area contributed by atoms with Crippen molar-refractivity contribution in [3.63, 3.8) is 0 Å². The highest BCUT2D eigenvalue weighted by Gasteiger charge is 2.28. The van der Waals surface area contributed by atoms with Crippen LogP contribution in [0.15, 0.2) is 48.6 Å². The molecule has 0 atom stereocenters. The van der Waals surface area contributed by atoms with Gasteiger partial charge in [-0.3, -0.25) is 4.68 Å². The lowest BCUT2D eigenvalue weighted by Crippen LogP contribution is -1.98. The largest absolute Gasteiger partial charge is 0.268 e. The summed E-state index contributed by atoms with van der Waals surface area (Å²) in [6, 6.07) is 13.7. The van der Waals surface area contributed by atoms with Crippen molar-refractivity contribution in [2.75, 3.05) is 0 Å². The summed E-state index contributed by atoms with van der Waals surface area (Å²) in [5, 5.41) is 6.16. The number of fused-ring (bicyclic) bond motifs is 1. The molecule has 0 amide bonds. The first-order valence-electron chi connectivity index (χ1n) is 10.3. The van der Waals surface area contributed by atoms with Crippen molar-refractivity contribution in [3.05, 3.63) is 65.4 Å². The molecule has 140 valence electrons. The summed E-state index contributed by atoms with van der Waals surface area (Å²) in [6.07, 6.45) is 7.04. The summed E-state index contributed by atoms with van der Waals surface area (Å²) in [5.41, 5.74) is 9.53. The van der Waals surface area contributed by atoms with E-state index >= 15 is 0 Å². The van der Waals surface area contributed by atoms with E-state index in [0.29, 0.717) is 5.92 Å². The summed E-state index contributed by atoms with van der Waals surface area (Å²) in [7, 11) is 2.06. The van der Waals surface area contributed by atoms with E-state index in [1.165, 1.54) is 63.7 Å². The van der Waals surface area contributed by atoms with E-state index in [4.69, 9.17) is 5.10 Å². The second-order valence-corrected chi connectivity index (χ2v) is 8.12. The number of allylic oxidation sites excluding steroid dienone is 1. The Balaban J connectivity index is 1.78. The second kappa shape index (κ2) is 7.34. The number of aromatic nitrogens is 2. The molecule has 1 aromatic heterocycles. The topological polar surface area (TPSA) is 17.8 Å². The van der Waals surface area contributed by atoms with Gasteiger partial charge in [-0.05, 0) is 79.8 Å². The summed E-state index contributed by atoms with van der Waals surface area (Å²) in [4.78, 5) is 0. The van der Waals surface area contributed by atoms with Crippen molar-refractivity contribution in [1.29, 1.82) is 0 Å². The lowest BCUT2D eigenvalue weighted by atomic mass is 9.90. The maximum absolute atomic E-state index is 4.82. The Morgan fingerprint density at radius 2 is 2.04 bits per heavy atom. The monoisotopic (exact) mass is 358 g/mol. The van der Waals surface area contributed by atoms with Crippen LogP contribution in [-0.4, -0.2) is 9.78 Å². The van der Waals surface area contributed by atoms with Crippen LogP contribution in [0.2, 0.25) is 0 Å². The minimum absolute atomic E-state index is 0.668. The molecule has 0 bridgehead atoms. The minimum atomic E-state index is 0.668. The van der Waals surface area contributed by atoms with E-state index in [9.17, 15) is 0 Å². The van der Waals surface area contributed by atoms with E-state index in [1.807, 2.05) is 4.68 Å². The van der Waals surface area contributed by atoms with Crippen LogP contribution in [0.4, 0.5) is 0 Å². The Labute approximate surface area is 162 Å². The minimum Gasteiger partial charge on any atom is -0.268 e.